The summed E-state index contributed by atoms with van der Waals surface area (Å²) < 4.78 is 13.3. The largest absolute Gasteiger partial charge is 0.385 e. The number of hydrogen-bond donors (Lipinski definition) is 1. The minimum atomic E-state index is -0.995. The second kappa shape index (κ2) is 5.14. The average molecular weight is 258 g/mol. The summed E-state index contributed by atoms with van der Waals surface area (Å²) in [5.41, 5.74) is 2.80. The summed E-state index contributed by atoms with van der Waals surface area (Å²) in [5.74, 6) is -0.263. The van der Waals surface area contributed by atoms with Gasteiger partial charge >= 0.3 is 0 Å². The Bertz CT molecular complexity index is 588. The molecular weight excluding hydrogens is 239 g/mol. The van der Waals surface area contributed by atoms with Crippen LogP contribution in [0.15, 0.2) is 42.5 Å². The van der Waals surface area contributed by atoms with E-state index in [9.17, 15) is 9.50 Å². The van der Waals surface area contributed by atoms with Crippen LogP contribution in [0.4, 0.5) is 4.39 Å². The SMILES string of the molecule is Cc1cccc(C(C)(O)Cc2cc(F)ccc2C)c1. The van der Waals surface area contributed by atoms with Gasteiger partial charge in [0.1, 0.15) is 5.82 Å². The molecule has 2 rings (SSSR count). The van der Waals surface area contributed by atoms with Crippen molar-refractivity contribution in [2.45, 2.75) is 32.8 Å². The van der Waals surface area contributed by atoms with Crippen LogP contribution in [0.5, 0.6) is 0 Å². The van der Waals surface area contributed by atoms with E-state index in [1.807, 2.05) is 38.1 Å². The van der Waals surface area contributed by atoms with Gasteiger partial charge in [-0.2, -0.15) is 0 Å². The molecule has 2 aromatic carbocycles. The first-order valence-electron chi connectivity index (χ1n) is 6.43. The number of benzene rings is 2. The van der Waals surface area contributed by atoms with Gasteiger partial charge in [-0.1, -0.05) is 35.9 Å². The Morgan fingerprint density at radius 1 is 1.11 bits per heavy atom. The molecule has 1 nitrogen and oxygen atoms in total. The van der Waals surface area contributed by atoms with E-state index >= 15 is 0 Å². The number of halogens is 1. The van der Waals surface area contributed by atoms with Gasteiger partial charge in [-0.25, -0.2) is 4.39 Å². The smallest absolute Gasteiger partial charge is 0.123 e. The highest BCUT2D eigenvalue weighted by molar-refractivity contribution is 5.32. The number of aliphatic hydroxyl groups is 1. The molecular formula is C17H19FO. The van der Waals surface area contributed by atoms with Crippen LogP contribution in [0.1, 0.15) is 29.2 Å². The van der Waals surface area contributed by atoms with Crippen molar-refractivity contribution in [3.05, 3.63) is 70.5 Å². The van der Waals surface area contributed by atoms with Gasteiger partial charge in [0.05, 0.1) is 5.60 Å². The van der Waals surface area contributed by atoms with Gasteiger partial charge in [-0.3, -0.25) is 0 Å². The molecule has 0 radical (unpaired) electrons. The fourth-order valence-electron chi connectivity index (χ4n) is 2.28. The molecule has 0 aliphatic carbocycles. The highest BCUT2D eigenvalue weighted by Crippen LogP contribution is 2.27. The maximum absolute atomic E-state index is 13.3. The van der Waals surface area contributed by atoms with Gasteiger partial charge in [0.2, 0.25) is 0 Å². The third-order valence-electron chi connectivity index (χ3n) is 3.49. The molecule has 0 fully saturated rings. The van der Waals surface area contributed by atoms with Crippen LogP contribution in [0.3, 0.4) is 0 Å². The summed E-state index contributed by atoms with van der Waals surface area (Å²) in [7, 11) is 0. The van der Waals surface area contributed by atoms with Crippen LogP contribution in [0, 0.1) is 19.7 Å². The molecule has 100 valence electrons. The minimum Gasteiger partial charge on any atom is -0.385 e. The summed E-state index contributed by atoms with van der Waals surface area (Å²) in [4.78, 5) is 0. The first-order chi connectivity index (χ1) is 8.88. The van der Waals surface area contributed by atoms with E-state index in [2.05, 4.69) is 0 Å². The van der Waals surface area contributed by atoms with E-state index in [0.29, 0.717) is 6.42 Å². The second-order valence-corrected chi connectivity index (χ2v) is 5.39. The van der Waals surface area contributed by atoms with Crippen LogP contribution >= 0.6 is 0 Å². The third-order valence-corrected chi connectivity index (χ3v) is 3.49. The summed E-state index contributed by atoms with van der Waals surface area (Å²) in [6.45, 7) is 5.69. The number of hydrogen-bond acceptors (Lipinski definition) is 1. The van der Waals surface area contributed by atoms with Gasteiger partial charge in [-0.15, -0.1) is 0 Å². The highest BCUT2D eigenvalue weighted by atomic mass is 19.1. The van der Waals surface area contributed by atoms with Crippen molar-refractivity contribution >= 4 is 0 Å². The van der Waals surface area contributed by atoms with E-state index in [4.69, 9.17) is 0 Å². The second-order valence-electron chi connectivity index (χ2n) is 5.39. The molecule has 0 aromatic heterocycles. The van der Waals surface area contributed by atoms with Crippen molar-refractivity contribution in [3.63, 3.8) is 0 Å². The molecule has 19 heavy (non-hydrogen) atoms. The molecule has 0 spiro atoms. The Morgan fingerprint density at radius 3 is 2.53 bits per heavy atom. The lowest BCUT2D eigenvalue weighted by molar-refractivity contribution is 0.0573. The monoisotopic (exact) mass is 258 g/mol. The first kappa shape index (κ1) is 13.8. The van der Waals surface area contributed by atoms with Gasteiger partial charge in [0.15, 0.2) is 0 Å². The van der Waals surface area contributed by atoms with E-state index in [1.165, 1.54) is 12.1 Å². The Kier molecular flexibility index (Phi) is 3.72. The van der Waals surface area contributed by atoms with Crippen molar-refractivity contribution in [1.29, 1.82) is 0 Å². The lowest BCUT2D eigenvalue weighted by Crippen LogP contribution is -2.24. The minimum absolute atomic E-state index is 0.263. The maximum atomic E-state index is 13.3. The molecule has 2 heteroatoms. The Labute approximate surface area is 113 Å². The van der Waals surface area contributed by atoms with Gasteiger partial charge in [0, 0.05) is 6.42 Å². The number of rotatable bonds is 3. The van der Waals surface area contributed by atoms with Gasteiger partial charge < -0.3 is 5.11 Å². The molecule has 1 N–H and O–H groups in total. The van der Waals surface area contributed by atoms with E-state index in [-0.39, 0.29) is 5.82 Å². The van der Waals surface area contributed by atoms with Crippen molar-refractivity contribution in [2.75, 3.05) is 0 Å². The summed E-state index contributed by atoms with van der Waals surface area (Å²) in [5, 5.41) is 10.7. The van der Waals surface area contributed by atoms with Crippen molar-refractivity contribution in [1.82, 2.24) is 0 Å². The molecule has 0 saturated heterocycles. The van der Waals surface area contributed by atoms with Crippen LogP contribution in [0.25, 0.3) is 0 Å². The summed E-state index contributed by atoms with van der Waals surface area (Å²) in [6, 6.07) is 12.5. The Morgan fingerprint density at radius 2 is 1.84 bits per heavy atom. The molecule has 0 aliphatic rings. The molecule has 0 bridgehead atoms. The molecule has 0 aliphatic heterocycles. The van der Waals surface area contributed by atoms with Crippen molar-refractivity contribution in [2.24, 2.45) is 0 Å². The Hall–Kier alpha value is -1.67. The standard InChI is InChI=1S/C17H19FO/c1-12-5-4-6-15(9-12)17(3,19)11-14-10-16(18)8-7-13(14)2/h4-10,19H,11H2,1-3H3. The quantitative estimate of drug-likeness (QED) is 0.885. The lowest BCUT2D eigenvalue weighted by atomic mass is 9.87. The molecule has 2 aromatic rings. The fourth-order valence-corrected chi connectivity index (χ4v) is 2.28. The zero-order valence-corrected chi connectivity index (χ0v) is 11.6. The summed E-state index contributed by atoms with van der Waals surface area (Å²) >= 11 is 0. The van der Waals surface area contributed by atoms with Crippen LogP contribution in [-0.4, -0.2) is 5.11 Å². The average Bonchev–Trinajstić information content (AvgIpc) is 2.33. The molecule has 1 unspecified atom stereocenters. The van der Waals surface area contributed by atoms with E-state index < -0.39 is 5.60 Å². The van der Waals surface area contributed by atoms with Crippen LogP contribution in [0.2, 0.25) is 0 Å². The summed E-state index contributed by atoms with van der Waals surface area (Å²) in [6.07, 6.45) is 0.403. The first-order valence-corrected chi connectivity index (χ1v) is 6.43. The number of aryl methyl sites for hydroxylation is 2. The molecule has 0 saturated carbocycles. The van der Waals surface area contributed by atoms with E-state index in [0.717, 1.165) is 22.3 Å². The molecule has 1 atom stereocenters. The Balaban J connectivity index is 2.33. The van der Waals surface area contributed by atoms with Gasteiger partial charge in [0.25, 0.3) is 0 Å². The molecule has 0 heterocycles. The van der Waals surface area contributed by atoms with Gasteiger partial charge in [-0.05, 0) is 49.6 Å². The molecule has 0 amide bonds. The predicted molar refractivity (Wildman–Crippen MR) is 75.6 cm³/mol. The van der Waals surface area contributed by atoms with Crippen molar-refractivity contribution in [3.8, 4) is 0 Å². The van der Waals surface area contributed by atoms with E-state index in [1.54, 1.807) is 13.0 Å². The highest BCUT2D eigenvalue weighted by Gasteiger charge is 2.24. The predicted octanol–water partition coefficient (Wildman–Crippen LogP) is 3.89. The lowest BCUT2D eigenvalue weighted by Gasteiger charge is -2.25. The van der Waals surface area contributed by atoms with Crippen LogP contribution < -0.4 is 0 Å². The zero-order chi connectivity index (χ0) is 14.0. The topological polar surface area (TPSA) is 20.2 Å². The zero-order valence-electron chi connectivity index (χ0n) is 11.6. The fraction of sp³-hybridized carbons (Fsp3) is 0.294. The normalized spacial score (nSPS) is 14.2. The van der Waals surface area contributed by atoms with Crippen LogP contribution in [-0.2, 0) is 12.0 Å². The third kappa shape index (κ3) is 3.21. The maximum Gasteiger partial charge on any atom is 0.123 e. The van der Waals surface area contributed by atoms with Crippen molar-refractivity contribution < 1.29 is 9.50 Å².